The van der Waals surface area contributed by atoms with Gasteiger partial charge in [-0.3, -0.25) is 4.79 Å². The Kier molecular flexibility index (Phi) is 5.65. The van der Waals surface area contributed by atoms with Crippen molar-refractivity contribution >= 4 is 33.3 Å². The van der Waals surface area contributed by atoms with Gasteiger partial charge in [0, 0.05) is 31.1 Å². The molecule has 1 amide bonds. The van der Waals surface area contributed by atoms with Crippen LogP contribution in [0.3, 0.4) is 0 Å². The second-order valence-electron chi connectivity index (χ2n) is 6.33. The molecule has 3 rings (SSSR count). The number of thioether (sulfide) groups is 1. The lowest BCUT2D eigenvalue weighted by Crippen LogP contribution is -2.26. The Morgan fingerprint density at radius 2 is 2.12 bits per heavy atom. The number of amides is 1. The molecule has 0 unspecified atom stereocenters. The predicted molar refractivity (Wildman–Crippen MR) is 97.0 cm³/mol. The van der Waals surface area contributed by atoms with Crippen LogP contribution < -0.4 is 10.2 Å². The van der Waals surface area contributed by atoms with Crippen LogP contribution in [0.15, 0.2) is 18.3 Å². The summed E-state index contributed by atoms with van der Waals surface area (Å²) >= 11 is 1.44. The maximum Gasteiger partial charge on any atom is 0.230 e. The number of nitrogens with one attached hydrogen (secondary N) is 1. The van der Waals surface area contributed by atoms with Crippen LogP contribution in [0.4, 0.5) is 5.82 Å². The molecule has 2 aliphatic heterocycles. The van der Waals surface area contributed by atoms with Crippen molar-refractivity contribution in [3.8, 4) is 0 Å². The molecule has 24 heavy (non-hydrogen) atoms. The van der Waals surface area contributed by atoms with E-state index in [1.54, 1.807) is 0 Å². The highest BCUT2D eigenvalue weighted by molar-refractivity contribution is 8.02. The SMILES string of the molecule is O=C(CS[C@H]1CCS(=O)(=O)C1)NCc1ccc(N2CCCC2)nc1. The Bertz CT molecular complexity index is 670. The van der Waals surface area contributed by atoms with Gasteiger partial charge in [0.2, 0.25) is 5.91 Å². The molecule has 8 heteroatoms. The van der Waals surface area contributed by atoms with Gasteiger partial charge >= 0.3 is 0 Å². The van der Waals surface area contributed by atoms with Crippen molar-refractivity contribution in [1.82, 2.24) is 10.3 Å². The Morgan fingerprint density at radius 1 is 1.33 bits per heavy atom. The Morgan fingerprint density at radius 3 is 2.75 bits per heavy atom. The predicted octanol–water partition coefficient (Wildman–Crippen LogP) is 1.22. The van der Waals surface area contributed by atoms with Crippen molar-refractivity contribution in [2.45, 2.75) is 31.1 Å². The highest BCUT2D eigenvalue weighted by Crippen LogP contribution is 2.24. The lowest BCUT2D eigenvalue weighted by molar-refractivity contribution is -0.118. The quantitative estimate of drug-likeness (QED) is 0.812. The molecule has 0 spiro atoms. The zero-order chi connectivity index (χ0) is 17.0. The van der Waals surface area contributed by atoms with E-state index in [1.807, 2.05) is 18.3 Å². The maximum atomic E-state index is 11.9. The van der Waals surface area contributed by atoms with Crippen LogP contribution in [-0.4, -0.2) is 54.9 Å². The van der Waals surface area contributed by atoms with E-state index in [9.17, 15) is 13.2 Å². The number of aromatic nitrogens is 1. The molecule has 6 nitrogen and oxygen atoms in total. The van der Waals surface area contributed by atoms with E-state index in [2.05, 4.69) is 15.2 Å². The lowest BCUT2D eigenvalue weighted by Gasteiger charge is -2.16. The molecule has 0 bridgehead atoms. The molecular weight excluding hydrogens is 346 g/mol. The minimum absolute atomic E-state index is 0.0576. The number of carbonyl (C=O) groups excluding carboxylic acids is 1. The first-order chi connectivity index (χ1) is 11.5. The summed E-state index contributed by atoms with van der Waals surface area (Å²) in [5.41, 5.74) is 0.972. The summed E-state index contributed by atoms with van der Waals surface area (Å²) < 4.78 is 22.8. The highest BCUT2D eigenvalue weighted by Gasteiger charge is 2.28. The number of nitrogens with zero attached hydrogens (tertiary/aromatic N) is 2. The van der Waals surface area contributed by atoms with Crippen LogP contribution >= 0.6 is 11.8 Å². The standard InChI is InChI=1S/C16H23N3O3S2/c20-16(11-23-14-5-8-24(21,22)12-14)18-10-13-3-4-15(17-9-13)19-6-1-2-7-19/h3-4,9,14H,1-2,5-8,10-12H2,(H,18,20)/t14-/m0/s1. The summed E-state index contributed by atoms with van der Waals surface area (Å²) in [7, 11) is -2.87. The molecule has 1 aromatic heterocycles. The number of rotatable bonds is 6. The van der Waals surface area contributed by atoms with Crippen molar-refractivity contribution in [3.05, 3.63) is 23.9 Å². The Labute approximate surface area is 147 Å². The molecule has 2 saturated heterocycles. The molecular formula is C16H23N3O3S2. The van der Waals surface area contributed by atoms with Gasteiger partial charge in [0.05, 0.1) is 17.3 Å². The highest BCUT2D eigenvalue weighted by atomic mass is 32.2. The number of hydrogen-bond acceptors (Lipinski definition) is 6. The van der Waals surface area contributed by atoms with Crippen molar-refractivity contribution in [2.24, 2.45) is 0 Å². The monoisotopic (exact) mass is 369 g/mol. The van der Waals surface area contributed by atoms with Crippen molar-refractivity contribution < 1.29 is 13.2 Å². The van der Waals surface area contributed by atoms with Crippen molar-refractivity contribution in [1.29, 1.82) is 0 Å². The van der Waals surface area contributed by atoms with E-state index in [0.29, 0.717) is 18.7 Å². The lowest BCUT2D eigenvalue weighted by atomic mass is 10.2. The first kappa shape index (κ1) is 17.5. The van der Waals surface area contributed by atoms with Gasteiger partial charge in [-0.1, -0.05) is 6.07 Å². The molecule has 2 aliphatic rings. The Hall–Kier alpha value is -1.28. The molecule has 0 saturated carbocycles. The zero-order valence-electron chi connectivity index (χ0n) is 13.6. The maximum absolute atomic E-state index is 11.9. The average molecular weight is 370 g/mol. The van der Waals surface area contributed by atoms with Gasteiger partial charge in [-0.25, -0.2) is 13.4 Å². The number of carbonyl (C=O) groups is 1. The normalized spacial score (nSPS) is 22.7. The molecule has 3 heterocycles. The van der Waals surface area contributed by atoms with Crippen LogP contribution in [0.2, 0.25) is 0 Å². The fraction of sp³-hybridized carbons (Fsp3) is 0.625. The summed E-state index contributed by atoms with van der Waals surface area (Å²) in [5, 5.41) is 2.93. The van der Waals surface area contributed by atoms with Crippen molar-refractivity contribution in [2.75, 3.05) is 35.2 Å². The second kappa shape index (κ2) is 7.74. The van der Waals surface area contributed by atoms with Gasteiger partial charge < -0.3 is 10.2 Å². The molecule has 1 aromatic rings. The van der Waals surface area contributed by atoms with Gasteiger partial charge in [0.1, 0.15) is 5.82 Å². The Balaban J connectivity index is 1.39. The van der Waals surface area contributed by atoms with Gasteiger partial charge in [0.15, 0.2) is 9.84 Å². The summed E-state index contributed by atoms with van der Waals surface area (Å²) in [6.45, 7) is 2.59. The zero-order valence-corrected chi connectivity index (χ0v) is 15.2. The van der Waals surface area contributed by atoms with Crippen LogP contribution in [-0.2, 0) is 21.2 Å². The van der Waals surface area contributed by atoms with Crippen LogP contribution in [0.1, 0.15) is 24.8 Å². The molecule has 132 valence electrons. The first-order valence-electron chi connectivity index (χ1n) is 8.30. The number of pyridine rings is 1. The van der Waals surface area contributed by atoms with Crippen LogP contribution in [0.5, 0.6) is 0 Å². The molecule has 0 radical (unpaired) electrons. The third kappa shape index (κ3) is 4.86. The van der Waals surface area contributed by atoms with E-state index < -0.39 is 9.84 Å². The van der Waals surface area contributed by atoms with Gasteiger partial charge in [0.25, 0.3) is 0 Å². The van der Waals surface area contributed by atoms with Gasteiger partial charge in [-0.15, -0.1) is 11.8 Å². The first-order valence-corrected chi connectivity index (χ1v) is 11.2. The van der Waals surface area contributed by atoms with E-state index in [4.69, 9.17) is 0 Å². The molecule has 1 atom stereocenters. The minimum atomic E-state index is -2.87. The number of hydrogen-bond donors (Lipinski definition) is 1. The van der Waals surface area contributed by atoms with Crippen LogP contribution in [0.25, 0.3) is 0 Å². The van der Waals surface area contributed by atoms with E-state index >= 15 is 0 Å². The fourth-order valence-electron chi connectivity index (χ4n) is 2.99. The molecule has 0 aliphatic carbocycles. The van der Waals surface area contributed by atoms with Gasteiger partial charge in [-0.2, -0.15) is 0 Å². The minimum Gasteiger partial charge on any atom is -0.357 e. The summed E-state index contributed by atoms with van der Waals surface area (Å²) in [6, 6.07) is 4.00. The largest absolute Gasteiger partial charge is 0.357 e. The number of anilines is 1. The third-order valence-corrected chi connectivity index (χ3v) is 7.65. The molecule has 2 fully saturated rings. The fourth-order valence-corrected chi connectivity index (χ4v) is 6.47. The number of sulfone groups is 1. The second-order valence-corrected chi connectivity index (χ2v) is 9.85. The smallest absolute Gasteiger partial charge is 0.230 e. The summed E-state index contributed by atoms with van der Waals surface area (Å²) in [5.74, 6) is 1.70. The van der Waals surface area contributed by atoms with E-state index in [1.165, 1.54) is 24.6 Å². The average Bonchev–Trinajstić information content (AvgIpc) is 3.21. The third-order valence-electron chi connectivity index (χ3n) is 4.37. The van der Waals surface area contributed by atoms with Gasteiger partial charge in [-0.05, 0) is 30.9 Å². The molecule has 1 N–H and O–H groups in total. The summed E-state index contributed by atoms with van der Waals surface area (Å²) in [4.78, 5) is 18.6. The van der Waals surface area contributed by atoms with Crippen molar-refractivity contribution in [3.63, 3.8) is 0 Å². The topological polar surface area (TPSA) is 79.4 Å². The van der Waals surface area contributed by atoms with E-state index in [-0.39, 0.29) is 22.7 Å². The van der Waals surface area contributed by atoms with E-state index in [0.717, 1.165) is 24.5 Å². The van der Waals surface area contributed by atoms with Crippen LogP contribution in [0, 0.1) is 0 Å². The molecule has 0 aromatic carbocycles. The summed E-state index contributed by atoms with van der Waals surface area (Å²) in [6.07, 6.45) is 4.91.